The minimum atomic E-state index is 0.185. The second-order valence-electron chi connectivity index (χ2n) is 4.50. The predicted molar refractivity (Wildman–Crippen MR) is 61.6 cm³/mol. The van der Waals surface area contributed by atoms with Gasteiger partial charge in [-0.1, -0.05) is 26.8 Å². The number of imidazole rings is 1. The van der Waals surface area contributed by atoms with Crippen LogP contribution in [0.25, 0.3) is 5.52 Å². The molecule has 0 saturated carbocycles. The van der Waals surface area contributed by atoms with Gasteiger partial charge in [0.1, 0.15) is 10.9 Å². The first-order valence-electron chi connectivity index (χ1n) is 4.61. The lowest BCUT2D eigenvalue weighted by Gasteiger charge is -2.18. The smallest absolute Gasteiger partial charge is 0.131 e. The van der Waals surface area contributed by atoms with E-state index < -0.39 is 0 Å². The highest BCUT2D eigenvalue weighted by molar-refractivity contribution is 9.10. The Kier molecular flexibility index (Phi) is 2.14. The van der Waals surface area contributed by atoms with Gasteiger partial charge in [-0.05, 0) is 33.0 Å². The number of aromatic nitrogens is 2. The molecule has 3 heteroatoms. The van der Waals surface area contributed by atoms with Crippen LogP contribution in [-0.4, -0.2) is 9.38 Å². The molecular weight excluding hydrogens is 240 g/mol. The number of rotatable bonds is 0. The van der Waals surface area contributed by atoms with Gasteiger partial charge in [0.05, 0.1) is 5.52 Å². The SMILES string of the molecule is CC(C)(C)c1ccc2c(Br)ncn2c1. The van der Waals surface area contributed by atoms with Crippen molar-refractivity contribution in [3.63, 3.8) is 0 Å². The van der Waals surface area contributed by atoms with E-state index in [1.807, 2.05) is 10.7 Å². The van der Waals surface area contributed by atoms with Crippen molar-refractivity contribution in [2.75, 3.05) is 0 Å². The van der Waals surface area contributed by atoms with E-state index in [9.17, 15) is 0 Å². The maximum Gasteiger partial charge on any atom is 0.131 e. The summed E-state index contributed by atoms with van der Waals surface area (Å²) in [7, 11) is 0. The van der Waals surface area contributed by atoms with E-state index in [1.165, 1.54) is 5.56 Å². The third-order valence-electron chi connectivity index (χ3n) is 2.35. The van der Waals surface area contributed by atoms with Gasteiger partial charge < -0.3 is 4.40 Å². The van der Waals surface area contributed by atoms with E-state index in [2.05, 4.69) is 60.0 Å². The molecule has 2 aromatic heterocycles. The van der Waals surface area contributed by atoms with Crippen LogP contribution in [0.2, 0.25) is 0 Å². The molecule has 0 aliphatic carbocycles. The van der Waals surface area contributed by atoms with Gasteiger partial charge in [-0.3, -0.25) is 0 Å². The van der Waals surface area contributed by atoms with Gasteiger partial charge in [0.2, 0.25) is 0 Å². The molecule has 2 aromatic rings. The molecule has 0 bridgehead atoms. The van der Waals surface area contributed by atoms with Gasteiger partial charge in [0.15, 0.2) is 0 Å². The number of fused-ring (bicyclic) bond motifs is 1. The maximum atomic E-state index is 4.20. The van der Waals surface area contributed by atoms with Crippen LogP contribution in [-0.2, 0) is 5.41 Å². The summed E-state index contributed by atoms with van der Waals surface area (Å²) in [5.41, 5.74) is 2.61. The number of pyridine rings is 1. The molecule has 0 aliphatic rings. The zero-order valence-corrected chi connectivity index (χ0v) is 10.2. The first-order chi connectivity index (χ1) is 6.48. The zero-order chi connectivity index (χ0) is 10.3. The average Bonchev–Trinajstić information content (AvgIpc) is 2.46. The highest BCUT2D eigenvalue weighted by atomic mass is 79.9. The standard InChI is InChI=1S/C11H13BrN2/c1-11(2,3)8-4-5-9-10(12)13-7-14(9)6-8/h4-7H,1-3H3. The molecule has 0 N–H and O–H groups in total. The fourth-order valence-electron chi connectivity index (χ4n) is 1.41. The lowest BCUT2D eigenvalue weighted by molar-refractivity contribution is 0.586. The summed E-state index contributed by atoms with van der Waals surface area (Å²) in [6.45, 7) is 6.63. The van der Waals surface area contributed by atoms with Crippen LogP contribution < -0.4 is 0 Å². The fourth-order valence-corrected chi connectivity index (χ4v) is 1.84. The molecule has 0 saturated heterocycles. The van der Waals surface area contributed by atoms with Crippen molar-refractivity contribution in [1.82, 2.24) is 9.38 Å². The summed E-state index contributed by atoms with van der Waals surface area (Å²) < 4.78 is 2.95. The molecule has 0 fully saturated rings. The second-order valence-corrected chi connectivity index (χ2v) is 5.25. The van der Waals surface area contributed by atoms with Crippen molar-refractivity contribution in [1.29, 1.82) is 0 Å². The van der Waals surface area contributed by atoms with Crippen LogP contribution in [0, 0.1) is 0 Å². The Bertz CT molecular complexity index is 466. The zero-order valence-electron chi connectivity index (χ0n) is 8.58. The molecule has 0 aromatic carbocycles. The van der Waals surface area contributed by atoms with E-state index >= 15 is 0 Å². The van der Waals surface area contributed by atoms with Crippen LogP contribution in [0.4, 0.5) is 0 Å². The van der Waals surface area contributed by atoms with E-state index in [0.29, 0.717) is 0 Å². The van der Waals surface area contributed by atoms with Crippen LogP contribution in [0.3, 0.4) is 0 Å². The first-order valence-corrected chi connectivity index (χ1v) is 5.40. The molecule has 2 heterocycles. The minimum Gasteiger partial charge on any atom is -0.305 e. The van der Waals surface area contributed by atoms with Crippen LogP contribution in [0.1, 0.15) is 26.3 Å². The normalized spacial score (nSPS) is 12.3. The fraction of sp³-hybridized carbons (Fsp3) is 0.364. The first kappa shape index (κ1) is 9.71. The molecular formula is C11H13BrN2. The summed E-state index contributed by atoms with van der Waals surface area (Å²) in [6.07, 6.45) is 3.96. The highest BCUT2D eigenvalue weighted by Crippen LogP contribution is 2.24. The van der Waals surface area contributed by atoms with Crippen molar-refractivity contribution in [2.24, 2.45) is 0 Å². The molecule has 2 nitrogen and oxygen atoms in total. The van der Waals surface area contributed by atoms with E-state index in [0.717, 1.165) is 10.1 Å². The molecule has 74 valence electrons. The Balaban J connectivity index is 2.63. The summed E-state index contributed by atoms with van der Waals surface area (Å²) in [5.74, 6) is 0. The van der Waals surface area contributed by atoms with Crippen LogP contribution >= 0.6 is 15.9 Å². The van der Waals surface area contributed by atoms with Crippen molar-refractivity contribution >= 4 is 21.4 Å². The summed E-state index contributed by atoms with van der Waals surface area (Å²) >= 11 is 3.41. The van der Waals surface area contributed by atoms with Crippen molar-refractivity contribution < 1.29 is 0 Å². The Labute approximate surface area is 92.1 Å². The van der Waals surface area contributed by atoms with E-state index in [1.54, 1.807) is 0 Å². The molecule has 0 spiro atoms. The van der Waals surface area contributed by atoms with Gasteiger partial charge in [0.25, 0.3) is 0 Å². The number of hydrogen-bond donors (Lipinski definition) is 0. The van der Waals surface area contributed by atoms with Crippen molar-refractivity contribution in [3.05, 3.63) is 34.8 Å². The number of nitrogens with zero attached hydrogens (tertiary/aromatic N) is 2. The molecule has 2 rings (SSSR count). The molecule has 0 atom stereocenters. The molecule has 0 aliphatic heterocycles. The van der Waals surface area contributed by atoms with Crippen LogP contribution in [0.15, 0.2) is 29.3 Å². The largest absolute Gasteiger partial charge is 0.305 e. The van der Waals surface area contributed by atoms with Gasteiger partial charge in [-0.25, -0.2) is 4.98 Å². The number of halogens is 1. The molecule has 0 unspecified atom stereocenters. The highest BCUT2D eigenvalue weighted by Gasteiger charge is 2.14. The van der Waals surface area contributed by atoms with Crippen LogP contribution in [0.5, 0.6) is 0 Å². The summed E-state index contributed by atoms with van der Waals surface area (Å²) in [4.78, 5) is 4.20. The minimum absolute atomic E-state index is 0.185. The van der Waals surface area contributed by atoms with E-state index in [4.69, 9.17) is 0 Å². The van der Waals surface area contributed by atoms with Gasteiger partial charge in [-0.15, -0.1) is 0 Å². The second kappa shape index (κ2) is 3.09. The average molecular weight is 253 g/mol. The van der Waals surface area contributed by atoms with Gasteiger partial charge in [-0.2, -0.15) is 0 Å². The summed E-state index contributed by atoms with van der Waals surface area (Å²) in [5, 5.41) is 0. The Morgan fingerprint density at radius 1 is 1.29 bits per heavy atom. The Morgan fingerprint density at radius 2 is 2.00 bits per heavy atom. The Morgan fingerprint density at radius 3 is 2.64 bits per heavy atom. The van der Waals surface area contributed by atoms with Crippen molar-refractivity contribution in [2.45, 2.75) is 26.2 Å². The molecule has 0 radical (unpaired) electrons. The van der Waals surface area contributed by atoms with Gasteiger partial charge in [0, 0.05) is 6.20 Å². The summed E-state index contributed by atoms with van der Waals surface area (Å²) in [6, 6.07) is 4.25. The van der Waals surface area contributed by atoms with E-state index in [-0.39, 0.29) is 5.41 Å². The quantitative estimate of drug-likeness (QED) is 0.703. The third-order valence-corrected chi connectivity index (χ3v) is 2.96. The van der Waals surface area contributed by atoms with Crippen molar-refractivity contribution in [3.8, 4) is 0 Å². The third kappa shape index (κ3) is 1.57. The Hall–Kier alpha value is -0.830. The predicted octanol–water partition coefficient (Wildman–Crippen LogP) is 3.39. The lowest BCUT2D eigenvalue weighted by atomic mass is 9.88. The monoisotopic (exact) mass is 252 g/mol. The van der Waals surface area contributed by atoms with Gasteiger partial charge >= 0.3 is 0 Å². The molecule has 14 heavy (non-hydrogen) atoms. The number of hydrogen-bond acceptors (Lipinski definition) is 1. The molecule has 0 amide bonds. The topological polar surface area (TPSA) is 17.3 Å². The maximum absolute atomic E-state index is 4.20. The lowest BCUT2D eigenvalue weighted by Crippen LogP contribution is -2.11.